The van der Waals surface area contributed by atoms with E-state index < -0.39 is 5.91 Å². The third kappa shape index (κ3) is 4.15. The highest BCUT2D eigenvalue weighted by Crippen LogP contribution is 2.33. The van der Waals surface area contributed by atoms with Gasteiger partial charge < -0.3 is 24.1 Å². The van der Waals surface area contributed by atoms with Gasteiger partial charge in [0.2, 0.25) is 0 Å². The molecule has 10 heteroatoms. The summed E-state index contributed by atoms with van der Waals surface area (Å²) in [6.45, 7) is 2.85. The van der Waals surface area contributed by atoms with Gasteiger partial charge in [0.15, 0.2) is 17.2 Å². The van der Waals surface area contributed by atoms with E-state index >= 15 is 0 Å². The molecule has 6 rings (SSSR count). The fourth-order valence-electron chi connectivity index (χ4n) is 4.98. The van der Waals surface area contributed by atoms with Crippen molar-refractivity contribution in [1.29, 1.82) is 0 Å². The Morgan fingerprint density at radius 3 is 2.62 bits per heavy atom. The van der Waals surface area contributed by atoms with E-state index in [-0.39, 0.29) is 17.3 Å². The van der Waals surface area contributed by atoms with Gasteiger partial charge in [-0.25, -0.2) is 0 Å². The Kier molecular flexibility index (Phi) is 6.15. The summed E-state index contributed by atoms with van der Waals surface area (Å²) in [5.74, 6) is 1.35. The third-order valence-corrected chi connectivity index (χ3v) is 7.24. The first-order chi connectivity index (χ1) is 18.9. The van der Waals surface area contributed by atoms with Gasteiger partial charge in [-0.3, -0.25) is 9.59 Å². The standard InChI is InChI=1S/C29H25ClN4O5/c1-16(17-8-10-23-24(14-17)39-13-12-38-23)31-28(35)26-25-19-6-4-5-7-21(19)33(2)27(25)29(36)34(32-26)18-9-11-22(37-3)20(30)15-18/h4-11,14-16H,12-13H2,1-3H3,(H,31,35)/t16-/m0/s1. The van der Waals surface area contributed by atoms with E-state index in [4.69, 9.17) is 25.8 Å². The largest absolute Gasteiger partial charge is 0.495 e. The van der Waals surface area contributed by atoms with Crippen LogP contribution in [0.25, 0.3) is 27.5 Å². The topological polar surface area (TPSA) is 96.6 Å². The Labute approximate surface area is 228 Å². The predicted molar refractivity (Wildman–Crippen MR) is 149 cm³/mol. The first kappa shape index (κ1) is 24.8. The quantitative estimate of drug-likeness (QED) is 0.341. The van der Waals surface area contributed by atoms with Crippen LogP contribution in [0.1, 0.15) is 29.0 Å². The molecule has 0 spiro atoms. The summed E-state index contributed by atoms with van der Waals surface area (Å²) in [4.78, 5) is 27.6. The van der Waals surface area contributed by atoms with Crippen molar-refractivity contribution in [1.82, 2.24) is 19.7 Å². The minimum Gasteiger partial charge on any atom is -0.495 e. The lowest BCUT2D eigenvalue weighted by Gasteiger charge is -2.21. The summed E-state index contributed by atoms with van der Waals surface area (Å²) < 4.78 is 19.6. The normalized spacial score (nSPS) is 13.4. The van der Waals surface area contributed by atoms with Crippen molar-refractivity contribution in [2.45, 2.75) is 13.0 Å². The number of rotatable bonds is 5. The highest BCUT2D eigenvalue weighted by molar-refractivity contribution is 6.32. The number of carbonyl (C=O) groups is 1. The maximum absolute atomic E-state index is 13.8. The predicted octanol–water partition coefficient (Wildman–Crippen LogP) is 4.80. The molecule has 3 heterocycles. The minimum atomic E-state index is -0.424. The fourth-order valence-corrected chi connectivity index (χ4v) is 5.23. The molecule has 0 fully saturated rings. The molecular weight excluding hydrogens is 520 g/mol. The average Bonchev–Trinajstić information content (AvgIpc) is 3.25. The van der Waals surface area contributed by atoms with Gasteiger partial charge in [-0.15, -0.1) is 0 Å². The summed E-state index contributed by atoms with van der Waals surface area (Å²) in [5, 5.41) is 9.19. The number of aromatic nitrogens is 3. The van der Waals surface area contributed by atoms with Gasteiger partial charge in [0.25, 0.3) is 11.5 Å². The van der Waals surface area contributed by atoms with Gasteiger partial charge in [-0.05, 0) is 48.9 Å². The molecule has 0 aliphatic carbocycles. The monoisotopic (exact) mass is 544 g/mol. The molecule has 39 heavy (non-hydrogen) atoms. The van der Waals surface area contributed by atoms with Crippen molar-refractivity contribution < 1.29 is 19.0 Å². The Morgan fingerprint density at radius 2 is 1.85 bits per heavy atom. The number of para-hydroxylation sites is 1. The molecule has 9 nitrogen and oxygen atoms in total. The van der Waals surface area contributed by atoms with Gasteiger partial charge >= 0.3 is 0 Å². The van der Waals surface area contributed by atoms with Crippen LogP contribution in [0.4, 0.5) is 0 Å². The molecule has 1 atom stereocenters. The van der Waals surface area contributed by atoms with Gasteiger partial charge in [0.1, 0.15) is 24.5 Å². The molecule has 198 valence electrons. The Bertz CT molecular complexity index is 1830. The smallest absolute Gasteiger partial charge is 0.296 e. The van der Waals surface area contributed by atoms with Crippen LogP contribution in [0.15, 0.2) is 65.5 Å². The number of halogens is 1. The molecule has 1 aliphatic rings. The highest BCUT2D eigenvalue weighted by atomic mass is 35.5. The summed E-state index contributed by atoms with van der Waals surface area (Å²) >= 11 is 6.36. The van der Waals surface area contributed by atoms with Crippen LogP contribution in [0, 0.1) is 0 Å². The number of fused-ring (bicyclic) bond motifs is 4. The van der Waals surface area contributed by atoms with Crippen LogP contribution < -0.4 is 25.1 Å². The van der Waals surface area contributed by atoms with Crippen LogP contribution >= 0.6 is 11.6 Å². The van der Waals surface area contributed by atoms with Crippen LogP contribution in [-0.2, 0) is 7.05 Å². The molecule has 3 aromatic carbocycles. The molecular formula is C29H25ClN4O5. The van der Waals surface area contributed by atoms with E-state index in [2.05, 4.69) is 10.4 Å². The second-order valence-electron chi connectivity index (χ2n) is 9.28. The molecule has 0 radical (unpaired) electrons. The fraction of sp³-hybridized carbons (Fsp3) is 0.207. The summed E-state index contributed by atoms with van der Waals surface area (Å²) in [5.41, 5.74) is 2.17. The molecule has 5 aromatic rings. The van der Waals surface area contributed by atoms with Crippen molar-refractivity contribution in [3.05, 3.63) is 87.3 Å². The van der Waals surface area contributed by atoms with Crippen molar-refractivity contribution >= 4 is 39.3 Å². The van der Waals surface area contributed by atoms with Gasteiger partial charge in [0.05, 0.1) is 23.9 Å². The van der Waals surface area contributed by atoms with Gasteiger partial charge in [-0.1, -0.05) is 35.9 Å². The molecule has 0 bridgehead atoms. The third-order valence-electron chi connectivity index (χ3n) is 6.95. The number of methoxy groups -OCH3 is 1. The van der Waals surface area contributed by atoms with E-state index in [1.807, 2.05) is 49.4 Å². The van der Waals surface area contributed by atoms with Crippen LogP contribution in [0.2, 0.25) is 5.02 Å². The molecule has 0 unspecified atom stereocenters. The summed E-state index contributed by atoms with van der Waals surface area (Å²) in [7, 11) is 3.31. The summed E-state index contributed by atoms with van der Waals surface area (Å²) in [6, 6.07) is 17.7. The zero-order valence-electron chi connectivity index (χ0n) is 21.5. The van der Waals surface area contributed by atoms with Crippen LogP contribution in [0.5, 0.6) is 17.2 Å². The van der Waals surface area contributed by atoms with Crippen LogP contribution in [-0.4, -0.2) is 40.6 Å². The van der Waals surface area contributed by atoms with Crippen molar-refractivity contribution in [3.63, 3.8) is 0 Å². The van der Waals surface area contributed by atoms with Crippen molar-refractivity contribution in [2.75, 3.05) is 20.3 Å². The highest BCUT2D eigenvalue weighted by Gasteiger charge is 2.25. The number of carbonyl (C=O) groups excluding carboxylic acids is 1. The second kappa shape index (κ2) is 9.67. The Balaban J connectivity index is 1.49. The van der Waals surface area contributed by atoms with Gasteiger partial charge in [0, 0.05) is 23.3 Å². The van der Waals surface area contributed by atoms with Crippen molar-refractivity contribution in [3.8, 4) is 22.9 Å². The molecule has 0 saturated carbocycles. The minimum absolute atomic E-state index is 0.123. The molecule has 2 aromatic heterocycles. The number of nitrogens with one attached hydrogen (secondary N) is 1. The molecule has 1 aliphatic heterocycles. The number of nitrogens with zero attached hydrogens (tertiary/aromatic N) is 3. The lowest BCUT2D eigenvalue weighted by Crippen LogP contribution is -2.32. The Hall–Kier alpha value is -4.50. The lowest BCUT2D eigenvalue weighted by atomic mass is 10.1. The Morgan fingerprint density at radius 1 is 1.08 bits per heavy atom. The van der Waals surface area contributed by atoms with E-state index in [1.165, 1.54) is 11.8 Å². The number of amides is 1. The van der Waals surface area contributed by atoms with E-state index in [1.54, 1.807) is 29.8 Å². The molecule has 0 saturated heterocycles. The number of ether oxygens (including phenoxy) is 3. The van der Waals surface area contributed by atoms with Gasteiger partial charge in [-0.2, -0.15) is 9.78 Å². The summed E-state index contributed by atoms with van der Waals surface area (Å²) in [6.07, 6.45) is 0. The molecule has 1 N–H and O–H groups in total. The molecule has 1 amide bonds. The van der Waals surface area contributed by atoms with E-state index in [0.717, 1.165) is 16.5 Å². The maximum atomic E-state index is 13.8. The second-order valence-corrected chi connectivity index (χ2v) is 9.69. The van der Waals surface area contributed by atoms with E-state index in [9.17, 15) is 9.59 Å². The number of hydrogen-bond donors (Lipinski definition) is 1. The average molecular weight is 545 g/mol. The van der Waals surface area contributed by atoms with Crippen molar-refractivity contribution in [2.24, 2.45) is 7.05 Å². The number of hydrogen-bond acceptors (Lipinski definition) is 6. The zero-order valence-corrected chi connectivity index (χ0v) is 22.3. The SMILES string of the molecule is COc1ccc(-n2nc(C(=O)N[C@@H](C)c3ccc4c(c3)OCCO4)c3c4ccccc4n(C)c3c2=O)cc1Cl. The van der Waals surface area contributed by atoms with Crippen LogP contribution in [0.3, 0.4) is 0 Å². The number of aryl methyl sites for hydroxylation is 1. The maximum Gasteiger partial charge on any atom is 0.296 e. The first-order valence-electron chi connectivity index (χ1n) is 12.4. The zero-order chi connectivity index (χ0) is 27.3. The number of benzene rings is 3. The van der Waals surface area contributed by atoms with E-state index in [0.29, 0.717) is 52.1 Å². The lowest BCUT2D eigenvalue weighted by molar-refractivity contribution is 0.0935. The first-order valence-corrected chi connectivity index (χ1v) is 12.8.